The molecule has 1 aromatic rings. The first-order valence-corrected chi connectivity index (χ1v) is 5.04. The first kappa shape index (κ1) is 10.1. The average Bonchev–Trinajstić information content (AvgIpc) is 2.86. The van der Waals surface area contributed by atoms with Crippen LogP contribution in [0.25, 0.3) is 0 Å². The van der Waals surface area contributed by atoms with E-state index in [-0.39, 0.29) is 5.69 Å². The van der Waals surface area contributed by atoms with E-state index in [1.807, 2.05) is 0 Å². The second-order valence-corrected chi connectivity index (χ2v) is 3.66. The Bertz CT molecular complexity index is 344. The molecule has 0 bridgehead atoms. The third-order valence-electron chi connectivity index (χ3n) is 2.62. The predicted molar refractivity (Wildman–Crippen MR) is 50.6 cm³/mol. The van der Waals surface area contributed by atoms with Gasteiger partial charge >= 0.3 is 5.97 Å². The lowest BCUT2D eigenvalue weighted by atomic mass is 10.2. The molecule has 0 atom stereocenters. The van der Waals surface area contributed by atoms with E-state index in [2.05, 4.69) is 19.8 Å². The topological polar surface area (TPSA) is 79.5 Å². The molecule has 0 amide bonds. The summed E-state index contributed by atoms with van der Waals surface area (Å²) in [6.07, 6.45) is 3.04. The first-order valence-electron chi connectivity index (χ1n) is 5.04. The molecule has 0 aromatic carbocycles. The largest absolute Gasteiger partial charge is 0.476 e. The van der Waals surface area contributed by atoms with Gasteiger partial charge in [-0.15, -0.1) is 0 Å². The number of carboxylic acids is 1. The molecule has 1 N–H and O–H groups in total. The molecule has 0 radical (unpaired) electrons. The van der Waals surface area contributed by atoms with Crippen molar-refractivity contribution in [3.8, 4) is 0 Å². The van der Waals surface area contributed by atoms with Crippen molar-refractivity contribution in [1.82, 2.24) is 15.2 Å². The molecule has 82 valence electrons. The Balaban J connectivity index is 1.92. The maximum absolute atomic E-state index is 10.7. The van der Waals surface area contributed by atoms with Gasteiger partial charge in [0.1, 0.15) is 5.69 Å². The molecule has 2 rings (SSSR count). The Labute approximate surface area is 86.8 Å². The molecule has 0 spiro atoms. The summed E-state index contributed by atoms with van der Waals surface area (Å²) in [4.78, 5) is 13.0. The van der Waals surface area contributed by atoms with Gasteiger partial charge in [0, 0.05) is 13.0 Å². The van der Waals surface area contributed by atoms with Gasteiger partial charge in [0.25, 0.3) is 0 Å². The summed E-state index contributed by atoms with van der Waals surface area (Å²) in [6, 6.07) is 0. The molecule has 1 saturated heterocycles. The van der Waals surface area contributed by atoms with E-state index in [0.29, 0.717) is 12.1 Å². The SMILES string of the molecule is O=C(O)c1nonc1CCN1CCCC1. The van der Waals surface area contributed by atoms with E-state index in [1.54, 1.807) is 0 Å². The Morgan fingerprint density at radius 1 is 1.40 bits per heavy atom. The summed E-state index contributed by atoms with van der Waals surface area (Å²) in [5.41, 5.74) is 0.378. The maximum Gasteiger partial charge on any atom is 0.360 e. The van der Waals surface area contributed by atoms with Crippen LogP contribution in [0, 0.1) is 0 Å². The lowest BCUT2D eigenvalue weighted by Crippen LogP contribution is -2.22. The van der Waals surface area contributed by atoms with Crippen LogP contribution in [-0.2, 0) is 6.42 Å². The van der Waals surface area contributed by atoms with Crippen molar-refractivity contribution in [2.24, 2.45) is 0 Å². The number of carboxylic acid groups (broad SMARTS) is 1. The third kappa shape index (κ3) is 2.33. The van der Waals surface area contributed by atoms with Crippen LogP contribution in [0.4, 0.5) is 0 Å². The highest BCUT2D eigenvalue weighted by molar-refractivity contribution is 5.86. The Morgan fingerprint density at radius 3 is 2.80 bits per heavy atom. The molecule has 1 aliphatic heterocycles. The van der Waals surface area contributed by atoms with Crippen LogP contribution in [0.5, 0.6) is 0 Å². The lowest BCUT2D eigenvalue weighted by Gasteiger charge is -2.12. The van der Waals surface area contributed by atoms with Gasteiger partial charge in [-0.05, 0) is 31.1 Å². The summed E-state index contributed by atoms with van der Waals surface area (Å²) in [5, 5.41) is 15.7. The highest BCUT2D eigenvalue weighted by atomic mass is 16.6. The predicted octanol–water partition coefficient (Wildman–Crippen LogP) is 0.406. The van der Waals surface area contributed by atoms with Crippen LogP contribution in [0.15, 0.2) is 4.63 Å². The molecule has 1 aromatic heterocycles. The molecule has 15 heavy (non-hydrogen) atoms. The maximum atomic E-state index is 10.7. The molecular weight excluding hydrogens is 198 g/mol. The summed E-state index contributed by atoms with van der Waals surface area (Å²) >= 11 is 0. The molecule has 1 fully saturated rings. The van der Waals surface area contributed by atoms with Gasteiger partial charge in [-0.2, -0.15) is 0 Å². The summed E-state index contributed by atoms with van der Waals surface area (Å²) < 4.78 is 4.42. The van der Waals surface area contributed by atoms with Gasteiger partial charge in [-0.1, -0.05) is 5.16 Å². The van der Waals surface area contributed by atoms with Gasteiger partial charge in [0.15, 0.2) is 0 Å². The minimum atomic E-state index is -1.08. The fraction of sp³-hybridized carbons (Fsp3) is 0.667. The van der Waals surface area contributed by atoms with Gasteiger partial charge in [0.05, 0.1) is 0 Å². The van der Waals surface area contributed by atoms with Crippen LogP contribution in [-0.4, -0.2) is 45.9 Å². The smallest absolute Gasteiger partial charge is 0.360 e. The zero-order valence-electron chi connectivity index (χ0n) is 8.35. The molecule has 2 heterocycles. The number of aromatic nitrogens is 2. The average molecular weight is 211 g/mol. The zero-order valence-corrected chi connectivity index (χ0v) is 8.35. The van der Waals surface area contributed by atoms with E-state index in [9.17, 15) is 4.79 Å². The van der Waals surface area contributed by atoms with Crippen molar-refractivity contribution >= 4 is 5.97 Å². The number of rotatable bonds is 4. The Morgan fingerprint density at radius 2 is 2.13 bits per heavy atom. The summed E-state index contributed by atoms with van der Waals surface area (Å²) in [7, 11) is 0. The van der Waals surface area contributed by atoms with Crippen LogP contribution in [0.1, 0.15) is 29.0 Å². The zero-order chi connectivity index (χ0) is 10.7. The normalized spacial score (nSPS) is 17.1. The number of hydrogen-bond acceptors (Lipinski definition) is 5. The van der Waals surface area contributed by atoms with Crippen molar-refractivity contribution in [2.75, 3.05) is 19.6 Å². The van der Waals surface area contributed by atoms with Crippen molar-refractivity contribution in [2.45, 2.75) is 19.3 Å². The van der Waals surface area contributed by atoms with Crippen LogP contribution in [0.2, 0.25) is 0 Å². The second-order valence-electron chi connectivity index (χ2n) is 3.66. The monoisotopic (exact) mass is 211 g/mol. The van der Waals surface area contributed by atoms with Crippen LogP contribution in [0.3, 0.4) is 0 Å². The number of hydrogen-bond donors (Lipinski definition) is 1. The Kier molecular flexibility index (Phi) is 2.96. The third-order valence-corrected chi connectivity index (χ3v) is 2.62. The minimum Gasteiger partial charge on any atom is -0.476 e. The van der Waals surface area contributed by atoms with E-state index in [0.717, 1.165) is 19.6 Å². The number of aromatic carboxylic acids is 1. The van der Waals surface area contributed by atoms with Crippen molar-refractivity contribution in [3.05, 3.63) is 11.4 Å². The lowest BCUT2D eigenvalue weighted by molar-refractivity contribution is 0.0684. The van der Waals surface area contributed by atoms with Gasteiger partial charge in [-0.3, -0.25) is 0 Å². The molecular formula is C9H13N3O3. The second kappa shape index (κ2) is 4.39. The minimum absolute atomic E-state index is 0.0609. The van der Waals surface area contributed by atoms with E-state index < -0.39 is 5.97 Å². The molecule has 0 saturated carbocycles. The van der Waals surface area contributed by atoms with Crippen molar-refractivity contribution in [1.29, 1.82) is 0 Å². The fourth-order valence-electron chi connectivity index (χ4n) is 1.80. The van der Waals surface area contributed by atoms with Gasteiger partial charge in [0.2, 0.25) is 5.69 Å². The quantitative estimate of drug-likeness (QED) is 0.776. The van der Waals surface area contributed by atoms with Crippen LogP contribution < -0.4 is 0 Å². The molecule has 6 nitrogen and oxygen atoms in total. The standard InChI is InChI=1S/C9H13N3O3/c13-9(14)8-7(10-15-11-8)3-6-12-4-1-2-5-12/h1-6H2,(H,13,14). The highest BCUT2D eigenvalue weighted by Crippen LogP contribution is 2.10. The molecule has 0 unspecified atom stereocenters. The number of carbonyl (C=O) groups is 1. The Hall–Kier alpha value is -1.43. The van der Waals surface area contributed by atoms with Crippen LogP contribution >= 0.6 is 0 Å². The van der Waals surface area contributed by atoms with E-state index in [1.165, 1.54) is 12.8 Å². The van der Waals surface area contributed by atoms with Gasteiger partial charge < -0.3 is 10.0 Å². The van der Waals surface area contributed by atoms with Crippen molar-refractivity contribution < 1.29 is 14.5 Å². The number of nitrogens with zero attached hydrogens (tertiary/aromatic N) is 3. The number of likely N-dealkylation sites (tertiary alicyclic amines) is 1. The van der Waals surface area contributed by atoms with E-state index >= 15 is 0 Å². The fourth-order valence-corrected chi connectivity index (χ4v) is 1.80. The molecule has 6 heteroatoms. The molecule has 1 aliphatic rings. The highest BCUT2D eigenvalue weighted by Gasteiger charge is 2.18. The van der Waals surface area contributed by atoms with Gasteiger partial charge in [-0.25, -0.2) is 9.42 Å². The van der Waals surface area contributed by atoms with E-state index in [4.69, 9.17) is 5.11 Å². The summed E-state index contributed by atoms with van der Waals surface area (Å²) in [5.74, 6) is -1.08. The first-order chi connectivity index (χ1) is 7.27. The summed E-state index contributed by atoms with van der Waals surface area (Å²) in [6.45, 7) is 3.01. The van der Waals surface area contributed by atoms with Crippen molar-refractivity contribution in [3.63, 3.8) is 0 Å². The molecule has 0 aliphatic carbocycles.